The summed E-state index contributed by atoms with van der Waals surface area (Å²) in [4.78, 5) is 24.6. The number of hydrogen-bond acceptors (Lipinski definition) is 3. The quantitative estimate of drug-likeness (QED) is 0.731. The Morgan fingerprint density at radius 3 is 2.50 bits per heavy atom. The summed E-state index contributed by atoms with van der Waals surface area (Å²) in [7, 11) is 0. The van der Waals surface area contributed by atoms with Crippen molar-refractivity contribution >= 4 is 11.8 Å². The third kappa shape index (κ3) is 4.18. The predicted octanol–water partition coefficient (Wildman–Crippen LogP) is 0.144. The highest BCUT2D eigenvalue weighted by Gasteiger charge is 2.20. The first-order valence-electron chi connectivity index (χ1n) is 5.91. The van der Waals surface area contributed by atoms with Crippen molar-refractivity contribution in [3.05, 3.63) is 35.9 Å². The summed E-state index contributed by atoms with van der Waals surface area (Å²) in [6, 6.07) is 9.35. The summed E-state index contributed by atoms with van der Waals surface area (Å²) in [5, 5.41) is 11.4. The fourth-order valence-corrected chi connectivity index (χ4v) is 1.56. The average Bonchev–Trinajstić information content (AvgIpc) is 2.39. The number of amides is 2. The molecule has 5 heteroatoms. The van der Waals surface area contributed by atoms with E-state index in [0.29, 0.717) is 13.1 Å². The molecule has 5 nitrogen and oxygen atoms in total. The van der Waals surface area contributed by atoms with E-state index in [1.807, 2.05) is 30.3 Å². The lowest BCUT2D eigenvalue weighted by molar-refractivity contribution is -0.146. The topological polar surface area (TPSA) is 69.6 Å². The van der Waals surface area contributed by atoms with Crippen LogP contribution >= 0.6 is 0 Å². The second-order valence-electron chi connectivity index (χ2n) is 3.80. The molecule has 0 aliphatic carbocycles. The van der Waals surface area contributed by atoms with E-state index in [4.69, 9.17) is 5.11 Å². The molecule has 0 saturated carbocycles. The molecule has 2 amide bonds. The van der Waals surface area contributed by atoms with Crippen molar-refractivity contribution < 1.29 is 14.7 Å². The molecule has 98 valence electrons. The number of aliphatic hydroxyl groups is 1. The molecular weight excluding hydrogens is 232 g/mol. The third-order valence-electron chi connectivity index (χ3n) is 2.40. The van der Waals surface area contributed by atoms with Crippen molar-refractivity contribution in [2.45, 2.75) is 13.5 Å². The Morgan fingerprint density at radius 1 is 1.28 bits per heavy atom. The van der Waals surface area contributed by atoms with Crippen LogP contribution in [0.5, 0.6) is 0 Å². The van der Waals surface area contributed by atoms with Crippen LogP contribution in [-0.4, -0.2) is 41.5 Å². The number of carbonyl (C=O) groups excluding carboxylic acids is 2. The van der Waals surface area contributed by atoms with Gasteiger partial charge in [0.2, 0.25) is 0 Å². The molecule has 0 aliphatic heterocycles. The zero-order valence-electron chi connectivity index (χ0n) is 10.4. The number of likely N-dealkylation sites (N-methyl/N-ethyl adjacent to an activating group) is 1. The van der Waals surface area contributed by atoms with Crippen LogP contribution in [-0.2, 0) is 16.1 Å². The van der Waals surface area contributed by atoms with Gasteiger partial charge in [-0.25, -0.2) is 0 Å². The highest BCUT2D eigenvalue weighted by molar-refractivity contribution is 6.34. The molecule has 0 unspecified atom stereocenters. The largest absolute Gasteiger partial charge is 0.395 e. The van der Waals surface area contributed by atoms with Gasteiger partial charge in [-0.1, -0.05) is 30.3 Å². The number of benzene rings is 1. The predicted molar refractivity (Wildman–Crippen MR) is 67.6 cm³/mol. The van der Waals surface area contributed by atoms with Gasteiger partial charge in [-0.3, -0.25) is 9.59 Å². The average molecular weight is 250 g/mol. The van der Waals surface area contributed by atoms with E-state index >= 15 is 0 Å². The van der Waals surface area contributed by atoms with Crippen LogP contribution in [0.4, 0.5) is 0 Å². The van der Waals surface area contributed by atoms with Gasteiger partial charge in [0.05, 0.1) is 6.61 Å². The molecule has 0 fully saturated rings. The molecule has 0 bridgehead atoms. The Balaban J connectivity index is 2.70. The van der Waals surface area contributed by atoms with Gasteiger partial charge >= 0.3 is 11.8 Å². The van der Waals surface area contributed by atoms with Crippen LogP contribution in [0, 0.1) is 0 Å². The van der Waals surface area contributed by atoms with Crippen molar-refractivity contribution in [2.24, 2.45) is 0 Å². The first-order valence-corrected chi connectivity index (χ1v) is 5.91. The first-order chi connectivity index (χ1) is 8.69. The molecule has 1 rings (SSSR count). The van der Waals surface area contributed by atoms with Crippen LogP contribution in [0.1, 0.15) is 12.5 Å². The van der Waals surface area contributed by atoms with E-state index in [9.17, 15) is 9.59 Å². The highest BCUT2D eigenvalue weighted by atomic mass is 16.3. The maximum absolute atomic E-state index is 11.8. The lowest BCUT2D eigenvalue weighted by atomic mass is 10.2. The van der Waals surface area contributed by atoms with Crippen LogP contribution in [0.25, 0.3) is 0 Å². The van der Waals surface area contributed by atoms with Crippen molar-refractivity contribution in [1.82, 2.24) is 10.2 Å². The zero-order chi connectivity index (χ0) is 13.4. The summed E-state index contributed by atoms with van der Waals surface area (Å²) in [6.45, 7) is 2.45. The van der Waals surface area contributed by atoms with Gasteiger partial charge in [-0.15, -0.1) is 0 Å². The third-order valence-corrected chi connectivity index (χ3v) is 2.40. The van der Waals surface area contributed by atoms with Gasteiger partial charge in [0.25, 0.3) is 0 Å². The van der Waals surface area contributed by atoms with Crippen molar-refractivity contribution in [3.63, 3.8) is 0 Å². The van der Waals surface area contributed by atoms with Crippen molar-refractivity contribution in [1.29, 1.82) is 0 Å². The van der Waals surface area contributed by atoms with E-state index in [2.05, 4.69) is 5.32 Å². The summed E-state index contributed by atoms with van der Waals surface area (Å²) >= 11 is 0. The molecule has 0 atom stereocenters. The van der Waals surface area contributed by atoms with Gasteiger partial charge in [-0.05, 0) is 12.5 Å². The fraction of sp³-hybridized carbons (Fsp3) is 0.385. The highest BCUT2D eigenvalue weighted by Crippen LogP contribution is 2.04. The summed E-state index contributed by atoms with van der Waals surface area (Å²) in [5.41, 5.74) is 0.920. The lowest BCUT2D eigenvalue weighted by Crippen LogP contribution is -2.43. The van der Waals surface area contributed by atoms with E-state index in [1.54, 1.807) is 6.92 Å². The van der Waals surface area contributed by atoms with E-state index in [-0.39, 0.29) is 13.2 Å². The number of nitrogens with zero attached hydrogens (tertiary/aromatic N) is 1. The molecule has 1 aromatic rings. The minimum absolute atomic E-state index is 0.144. The molecule has 0 aromatic heterocycles. The molecule has 0 radical (unpaired) electrons. The van der Waals surface area contributed by atoms with Gasteiger partial charge in [0.1, 0.15) is 0 Å². The van der Waals surface area contributed by atoms with Crippen LogP contribution in [0.15, 0.2) is 30.3 Å². The monoisotopic (exact) mass is 250 g/mol. The van der Waals surface area contributed by atoms with E-state index in [0.717, 1.165) is 5.56 Å². The van der Waals surface area contributed by atoms with Gasteiger partial charge < -0.3 is 15.3 Å². The van der Waals surface area contributed by atoms with Gasteiger partial charge in [0, 0.05) is 19.6 Å². The van der Waals surface area contributed by atoms with Crippen LogP contribution in [0.3, 0.4) is 0 Å². The molecule has 18 heavy (non-hydrogen) atoms. The number of aliphatic hydroxyl groups excluding tert-OH is 1. The Hall–Kier alpha value is -1.88. The van der Waals surface area contributed by atoms with Crippen LogP contribution in [0.2, 0.25) is 0 Å². The Kier molecular flexibility index (Phi) is 5.87. The van der Waals surface area contributed by atoms with Gasteiger partial charge in [-0.2, -0.15) is 0 Å². The lowest BCUT2D eigenvalue weighted by Gasteiger charge is -2.21. The second kappa shape index (κ2) is 7.45. The number of hydrogen-bond donors (Lipinski definition) is 2. The molecule has 0 heterocycles. The normalized spacial score (nSPS) is 9.89. The minimum atomic E-state index is -0.637. The minimum Gasteiger partial charge on any atom is -0.395 e. The molecule has 0 saturated heterocycles. The molecule has 0 aliphatic rings. The second-order valence-corrected chi connectivity index (χ2v) is 3.80. The van der Waals surface area contributed by atoms with E-state index < -0.39 is 11.8 Å². The van der Waals surface area contributed by atoms with Crippen molar-refractivity contribution in [2.75, 3.05) is 19.7 Å². The fourth-order valence-electron chi connectivity index (χ4n) is 1.56. The maximum atomic E-state index is 11.8. The van der Waals surface area contributed by atoms with Gasteiger partial charge in [0.15, 0.2) is 0 Å². The number of rotatable bonds is 5. The smallest absolute Gasteiger partial charge is 0.312 e. The molecule has 0 spiro atoms. The van der Waals surface area contributed by atoms with E-state index in [1.165, 1.54) is 4.90 Å². The van der Waals surface area contributed by atoms with Crippen LogP contribution < -0.4 is 5.32 Å². The summed E-state index contributed by atoms with van der Waals surface area (Å²) < 4.78 is 0. The maximum Gasteiger partial charge on any atom is 0.312 e. The molecular formula is C13H18N2O3. The Morgan fingerprint density at radius 2 is 1.94 bits per heavy atom. The van der Waals surface area contributed by atoms with Crippen molar-refractivity contribution in [3.8, 4) is 0 Å². The number of nitrogens with one attached hydrogen (secondary N) is 1. The number of carbonyl (C=O) groups is 2. The molecule has 2 N–H and O–H groups in total. The summed E-state index contributed by atoms with van der Waals surface area (Å²) in [5.74, 6) is -1.25. The summed E-state index contributed by atoms with van der Waals surface area (Å²) in [6.07, 6.45) is 0. The molecule has 1 aromatic carbocycles. The zero-order valence-corrected chi connectivity index (χ0v) is 10.4. The standard InChI is InChI=1S/C13H18N2O3/c1-2-14-12(17)13(18)15(8-9-16)10-11-6-4-3-5-7-11/h3-7,16H,2,8-10H2,1H3,(H,14,17). The Bertz CT molecular complexity index is 392. The first kappa shape index (κ1) is 14.2. The SMILES string of the molecule is CCNC(=O)C(=O)N(CCO)Cc1ccccc1. The Labute approximate surface area is 106 Å².